The van der Waals surface area contributed by atoms with Crippen molar-refractivity contribution in [1.29, 1.82) is 0 Å². The fourth-order valence-electron chi connectivity index (χ4n) is 3.01. The van der Waals surface area contributed by atoms with Crippen molar-refractivity contribution in [3.05, 3.63) is 23.2 Å². The Morgan fingerprint density at radius 1 is 1.32 bits per heavy atom. The number of rotatable bonds is 6. The zero-order valence-corrected chi connectivity index (χ0v) is 14.1. The maximum Gasteiger partial charge on any atom is 0.254 e. The van der Waals surface area contributed by atoms with Crippen molar-refractivity contribution in [3.63, 3.8) is 0 Å². The van der Waals surface area contributed by atoms with Crippen molar-refractivity contribution in [2.75, 3.05) is 32.8 Å². The van der Waals surface area contributed by atoms with E-state index in [1.807, 2.05) is 13.8 Å². The van der Waals surface area contributed by atoms with Crippen molar-refractivity contribution in [2.45, 2.75) is 40.2 Å². The molecule has 0 spiro atoms. The molecule has 0 bridgehead atoms. The Morgan fingerprint density at radius 3 is 2.55 bits per heavy atom. The number of nitrogens with zero attached hydrogens (tertiary/aromatic N) is 1. The zero-order valence-electron chi connectivity index (χ0n) is 14.1. The molecule has 1 amide bonds. The first-order valence-electron chi connectivity index (χ1n) is 8.14. The maximum atomic E-state index is 12.3. The minimum atomic E-state index is -0.0450. The van der Waals surface area contributed by atoms with Crippen molar-refractivity contribution in [1.82, 2.24) is 10.2 Å². The number of ether oxygens (including phenoxy) is 1. The summed E-state index contributed by atoms with van der Waals surface area (Å²) in [6.45, 7) is 12.2. The molecule has 0 aliphatic carbocycles. The van der Waals surface area contributed by atoms with Gasteiger partial charge in [-0.25, -0.2) is 0 Å². The molecule has 5 nitrogen and oxygen atoms in total. The average molecular weight is 308 g/mol. The highest BCUT2D eigenvalue weighted by molar-refractivity contribution is 5.95. The van der Waals surface area contributed by atoms with Crippen LogP contribution in [0, 0.1) is 19.8 Å². The van der Waals surface area contributed by atoms with E-state index in [0.29, 0.717) is 29.8 Å². The van der Waals surface area contributed by atoms with Gasteiger partial charge in [-0.2, -0.15) is 0 Å². The molecule has 124 valence electrons. The number of carbonyl (C=O) groups excluding carboxylic acids is 1. The molecule has 22 heavy (non-hydrogen) atoms. The topological polar surface area (TPSA) is 54.7 Å². The van der Waals surface area contributed by atoms with Crippen LogP contribution in [0.4, 0.5) is 0 Å². The minimum absolute atomic E-state index is 0.0450. The molecule has 1 fully saturated rings. The molecule has 0 aromatic carbocycles. The highest BCUT2D eigenvalue weighted by atomic mass is 16.5. The first-order valence-corrected chi connectivity index (χ1v) is 8.14. The van der Waals surface area contributed by atoms with E-state index in [4.69, 9.17) is 9.15 Å². The Hall–Kier alpha value is -1.33. The van der Waals surface area contributed by atoms with Gasteiger partial charge in [0.2, 0.25) is 0 Å². The molecule has 2 rings (SSSR count). The molecule has 1 saturated heterocycles. The summed E-state index contributed by atoms with van der Waals surface area (Å²) < 4.78 is 10.9. The summed E-state index contributed by atoms with van der Waals surface area (Å²) in [5, 5.41) is 3.07. The standard InChI is InChI=1S/C17H28N2O3/c1-12(2)9-15(19-5-7-21-8-6-19)11-18-17(20)16-10-13(3)22-14(16)4/h10,12,15H,5-9,11H2,1-4H3,(H,18,20)/t15-/m0/s1. The SMILES string of the molecule is Cc1cc(C(=O)NC[C@H](CC(C)C)N2CCOCC2)c(C)o1. The van der Waals surface area contributed by atoms with Crippen molar-refractivity contribution in [2.24, 2.45) is 5.92 Å². The van der Waals surface area contributed by atoms with E-state index < -0.39 is 0 Å². The predicted octanol–water partition coefficient (Wildman–Crippen LogP) is 2.37. The number of aryl methyl sites for hydroxylation is 2. The van der Waals surface area contributed by atoms with E-state index in [2.05, 4.69) is 24.1 Å². The van der Waals surface area contributed by atoms with Gasteiger partial charge in [0.15, 0.2) is 0 Å². The number of hydrogen-bond acceptors (Lipinski definition) is 4. The number of hydrogen-bond donors (Lipinski definition) is 1. The minimum Gasteiger partial charge on any atom is -0.466 e. The predicted molar refractivity (Wildman–Crippen MR) is 86.2 cm³/mol. The molecule has 1 N–H and O–H groups in total. The summed E-state index contributed by atoms with van der Waals surface area (Å²) in [5.74, 6) is 2.01. The first-order chi connectivity index (χ1) is 10.5. The van der Waals surface area contributed by atoms with Gasteiger partial charge >= 0.3 is 0 Å². The smallest absolute Gasteiger partial charge is 0.254 e. The molecule has 1 aliphatic rings. The van der Waals surface area contributed by atoms with Crippen LogP contribution < -0.4 is 5.32 Å². The highest BCUT2D eigenvalue weighted by Crippen LogP contribution is 2.15. The molecule has 1 aliphatic heterocycles. The second kappa shape index (κ2) is 7.79. The Balaban J connectivity index is 1.95. The van der Waals surface area contributed by atoms with Crippen molar-refractivity contribution in [3.8, 4) is 0 Å². The normalized spacial score (nSPS) is 17.7. The van der Waals surface area contributed by atoms with Crippen LogP contribution in [-0.4, -0.2) is 49.7 Å². The van der Waals surface area contributed by atoms with E-state index in [1.165, 1.54) is 0 Å². The van der Waals surface area contributed by atoms with Crippen LogP contribution in [0.2, 0.25) is 0 Å². The lowest BCUT2D eigenvalue weighted by Gasteiger charge is -2.35. The third-order valence-electron chi connectivity index (χ3n) is 4.09. The third kappa shape index (κ3) is 4.58. The summed E-state index contributed by atoms with van der Waals surface area (Å²) >= 11 is 0. The van der Waals surface area contributed by atoms with Crippen LogP contribution in [0.1, 0.15) is 42.1 Å². The number of amides is 1. The number of morpholine rings is 1. The molecule has 1 atom stereocenters. The van der Waals surface area contributed by atoms with Crippen LogP contribution in [-0.2, 0) is 4.74 Å². The van der Waals surface area contributed by atoms with Gasteiger partial charge in [-0.1, -0.05) is 13.8 Å². The van der Waals surface area contributed by atoms with Gasteiger partial charge < -0.3 is 14.5 Å². The zero-order chi connectivity index (χ0) is 16.1. The van der Waals surface area contributed by atoms with Gasteiger partial charge in [0.1, 0.15) is 11.5 Å². The van der Waals surface area contributed by atoms with E-state index in [-0.39, 0.29) is 5.91 Å². The summed E-state index contributed by atoms with van der Waals surface area (Å²) in [5.41, 5.74) is 0.641. The van der Waals surface area contributed by atoms with Crippen LogP contribution in [0.15, 0.2) is 10.5 Å². The lowest BCUT2D eigenvalue weighted by molar-refractivity contribution is 0.0124. The molecular weight excluding hydrogens is 280 g/mol. The van der Waals surface area contributed by atoms with Gasteiger partial charge in [-0.05, 0) is 32.3 Å². The lowest BCUT2D eigenvalue weighted by atomic mass is 10.0. The largest absolute Gasteiger partial charge is 0.466 e. The van der Waals surface area contributed by atoms with E-state index in [1.54, 1.807) is 6.07 Å². The van der Waals surface area contributed by atoms with E-state index >= 15 is 0 Å². The van der Waals surface area contributed by atoms with Gasteiger partial charge in [0, 0.05) is 25.7 Å². The van der Waals surface area contributed by atoms with Gasteiger partial charge in [0.25, 0.3) is 5.91 Å². The van der Waals surface area contributed by atoms with Gasteiger partial charge in [-0.3, -0.25) is 9.69 Å². The molecule has 0 radical (unpaired) electrons. The summed E-state index contributed by atoms with van der Waals surface area (Å²) in [7, 11) is 0. The lowest BCUT2D eigenvalue weighted by Crippen LogP contribution is -2.49. The molecule has 1 aromatic heterocycles. The molecule has 5 heteroatoms. The number of nitrogens with one attached hydrogen (secondary N) is 1. The summed E-state index contributed by atoms with van der Waals surface area (Å²) in [6.07, 6.45) is 1.07. The fourth-order valence-corrected chi connectivity index (χ4v) is 3.01. The monoisotopic (exact) mass is 308 g/mol. The van der Waals surface area contributed by atoms with Crippen LogP contribution >= 0.6 is 0 Å². The highest BCUT2D eigenvalue weighted by Gasteiger charge is 2.23. The molecular formula is C17H28N2O3. The molecule has 0 saturated carbocycles. The Kier molecular flexibility index (Phi) is 6.03. The fraction of sp³-hybridized carbons (Fsp3) is 0.706. The second-order valence-electron chi connectivity index (χ2n) is 6.47. The Morgan fingerprint density at radius 2 is 2.00 bits per heavy atom. The second-order valence-corrected chi connectivity index (χ2v) is 6.47. The Labute approximate surface area is 133 Å². The summed E-state index contributed by atoms with van der Waals surface area (Å²) in [4.78, 5) is 14.8. The van der Waals surface area contributed by atoms with E-state index in [0.717, 1.165) is 38.5 Å². The third-order valence-corrected chi connectivity index (χ3v) is 4.09. The molecule has 2 heterocycles. The van der Waals surface area contributed by atoms with Crippen molar-refractivity contribution < 1.29 is 13.9 Å². The van der Waals surface area contributed by atoms with Crippen LogP contribution in [0.3, 0.4) is 0 Å². The van der Waals surface area contributed by atoms with Gasteiger partial charge in [-0.15, -0.1) is 0 Å². The maximum absolute atomic E-state index is 12.3. The number of carbonyl (C=O) groups is 1. The van der Waals surface area contributed by atoms with E-state index in [9.17, 15) is 4.79 Å². The average Bonchev–Trinajstić information content (AvgIpc) is 2.82. The van der Waals surface area contributed by atoms with Crippen molar-refractivity contribution >= 4 is 5.91 Å². The van der Waals surface area contributed by atoms with Gasteiger partial charge in [0.05, 0.1) is 18.8 Å². The molecule has 1 aromatic rings. The van der Waals surface area contributed by atoms with Crippen LogP contribution in [0.25, 0.3) is 0 Å². The quantitative estimate of drug-likeness (QED) is 0.876. The van der Waals surface area contributed by atoms with Crippen LogP contribution in [0.5, 0.6) is 0 Å². The summed E-state index contributed by atoms with van der Waals surface area (Å²) in [6, 6.07) is 2.16. The Bertz CT molecular complexity index is 490. The first kappa shape index (κ1) is 17.0. The number of furan rings is 1. The molecule has 0 unspecified atom stereocenters.